The van der Waals surface area contributed by atoms with E-state index in [1.807, 2.05) is 41.7 Å². The van der Waals surface area contributed by atoms with E-state index in [9.17, 15) is 0 Å². The minimum atomic E-state index is 0.403. The summed E-state index contributed by atoms with van der Waals surface area (Å²) in [5, 5.41) is 12.7. The molecule has 1 aliphatic rings. The zero-order chi connectivity index (χ0) is 16.5. The lowest BCUT2D eigenvalue weighted by Gasteiger charge is -2.23. The highest BCUT2D eigenvalue weighted by molar-refractivity contribution is 5.61. The van der Waals surface area contributed by atoms with Gasteiger partial charge in [-0.1, -0.05) is 0 Å². The van der Waals surface area contributed by atoms with Crippen LogP contribution in [0.25, 0.3) is 11.3 Å². The Morgan fingerprint density at radius 3 is 3.08 bits per heavy atom. The SMILES string of the molecule is Cc1nc2n(n1)CC(NCc1cn(C)nc1-c1cccnc1)CC2. The highest BCUT2D eigenvalue weighted by Crippen LogP contribution is 2.21. The maximum atomic E-state index is 4.59. The lowest BCUT2D eigenvalue weighted by Crippen LogP contribution is -2.37. The van der Waals surface area contributed by atoms with Crippen LogP contribution in [0.2, 0.25) is 0 Å². The van der Waals surface area contributed by atoms with Crippen LogP contribution in [0.4, 0.5) is 0 Å². The fourth-order valence-electron chi connectivity index (χ4n) is 3.27. The van der Waals surface area contributed by atoms with Gasteiger partial charge in [0.15, 0.2) is 0 Å². The Hall–Kier alpha value is -2.54. The maximum Gasteiger partial charge on any atom is 0.147 e. The van der Waals surface area contributed by atoms with Crippen LogP contribution >= 0.6 is 0 Å². The summed E-state index contributed by atoms with van der Waals surface area (Å²) in [6.45, 7) is 3.61. The Labute approximate surface area is 140 Å². The van der Waals surface area contributed by atoms with Crippen molar-refractivity contribution >= 4 is 0 Å². The van der Waals surface area contributed by atoms with Crippen molar-refractivity contribution in [1.29, 1.82) is 0 Å². The van der Waals surface area contributed by atoms with Crippen molar-refractivity contribution in [3.05, 3.63) is 47.9 Å². The average Bonchev–Trinajstić information content (AvgIpc) is 3.14. The summed E-state index contributed by atoms with van der Waals surface area (Å²) in [6.07, 6.45) is 7.77. The van der Waals surface area contributed by atoms with E-state index in [2.05, 4.69) is 31.7 Å². The quantitative estimate of drug-likeness (QED) is 0.787. The fourth-order valence-corrected chi connectivity index (χ4v) is 3.27. The number of fused-ring (bicyclic) bond motifs is 1. The van der Waals surface area contributed by atoms with E-state index < -0.39 is 0 Å². The van der Waals surface area contributed by atoms with Crippen LogP contribution < -0.4 is 5.32 Å². The number of nitrogens with zero attached hydrogens (tertiary/aromatic N) is 6. The summed E-state index contributed by atoms with van der Waals surface area (Å²) in [5.74, 6) is 1.96. The Balaban J connectivity index is 1.47. The second-order valence-corrected chi connectivity index (χ2v) is 6.29. The van der Waals surface area contributed by atoms with Gasteiger partial charge in [0, 0.05) is 55.8 Å². The molecule has 0 saturated heterocycles. The third kappa shape index (κ3) is 2.94. The molecule has 3 aromatic rings. The molecule has 0 radical (unpaired) electrons. The Morgan fingerprint density at radius 1 is 1.33 bits per heavy atom. The van der Waals surface area contributed by atoms with E-state index in [1.54, 1.807) is 6.20 Å². The molecule has 0 spiro atoms. The van der Waals surface area contributed by atoms with Crippen molar-refractivity contribution in [2.24, 2.45) is 7.05 Å². The number of aryl methyl sites for hydroxylation is 3. The molecule has 0 saturated carbocycles. The molecule has 7 heteroatoms. The molecule has 1 unspecified atom stereocenters. The van der Waals surface area contributed by atoms with Gasteiger partial charge in [-0.25, -0.2) is 9.67 Å². The number of aromatic nitrogens is 6. The summed E-state index contributed by atoms with van der Waals surface area (Å²) in [4.78, 5) is 8.67. The average molecular weight is 323 g/mol. The first-order chi connectivity index (χ1) is 11.7. The smallest absolute Gasteiger partial charge is 0.147 e. The zero-order valence-corrected chi connectivity index (χ0v) is 14.0. The van der Waals surface area contributed by atoms with Crippen molar-refractivity contribution in [2.45, 2.75) is 38.9 Å². The highest BCUT2D eigenvalue weighted by atomic mass is 15.4. The first kappa shape index (κ1) is 15.0. The molecule has 124 valence electrons. The van der Waals surface area contributed by atoms with Gasteiger partial charge in [0.1, 0.15) is 11.6 Å². The molecule has 1 atom stereocenters. The Bertz CT molecular complexity index is 834. The molecule has 0 amide bonds. The van der Waals surface area contributed by atoms with Gasteiger partial charge in [0.25, 0.3) is 0 Å². The van der Waals surface area contributed by atoms with E-state index in [4.69, 9.17) is 0 Å². The second kappa shape index (κ2) is 6.16. The van der Waals surface area contributed by atoms with Crippen LogP contribution in [0, 0.1) is 6.92 Å². The van der Waals surface area contributed by atoms with Crippen LogP contribution in [-0.4, -0.2) is 35.6 Å². The van der Waals surface area contributed by atoms with Gasteiger partial charge >= 0.3 is 0 Å². The van der Waals surface area contributed by atoms with E-state index in [1.165, 1.54) is 5.56 Å². The number of pyridine rings is 1. The predicted molar refractivity (Wildman–Crippen MR) is 90.1 cm³/mol. The molecule has 24 heavy (non-hydrogen) atoms. The minimum Gasteiger partial charge on any atom is -0.308 e. The summed E-state index contributed by atoms with van der Waals surface area (Å²) < 4.78 is 3.89. The molecule has 1 N–H and O–H groups in total. The van der Waals surface area contributed by atoms with Gasteiger partial charge < -0.3 is 5.32 Å². The molecular formula is C17H21N7. The van der Waals surface area contributed by atoms with Crippen LogP contribution in [0.3, 0.4) is 0 Å². The summed E-state index contributed by atoms with van der Waals surface area (Å²) >= 11 is 0. The molecule has 3 aromatic heterocycles. The monoisotopic (exact) mass is 323 g/mol. The van der Waals surface area contributed by atoms with Gasteiger partial charge in [-0.2, -0.15) is 10.2 Å². The first-order valence-electron chi connectivity index (χ1n) is 8.25. The van der Waals surface area contributed by atoms with E-state index >= 15 is 0 Å². The third-order valence-electron chi connectivity index (χ3n) is 4.38. The van der Waals surface area contributed by atoms with Crippen LogP contribution in [0.5, 0.6) is 0 Å². The van der Waals surface area contributed by atoms with Gasteiger partial charge in [0.05, 0.1) is 12.2 Å². The van der Waals surface area contributed by atoms with Crippen molar-refractivity contribution in [1.82, 2.24) is 34.8 Å². The fraction of sp³-hybridized carbons (Fsp3) is 0.412. The Morgan fingerprint density at radius 2 is 2.25 bits per heavy atom. The molecule has 0 aliphatic carbocycles. The van der Waals surface area contributed by atoms with Crippen LogP contribution in [0.1, 0.15) is 23.6 Å². The standard InChI is InChI=1S/C17H21N7/c1-12-20-16-6-5-15(11-24(16)21-12)19-9-14-10-23(2)22-17(14)13-4-3-7-18-8-13/h3-4,7-8,10,15,19H,5-6,9,11H2,1-2H3. The van der Waals surface area contributed by atoms with Gasteiger partial charge in [-0.15, -0.1) is 0 Å². The lowest BCUT2D eigenvalue weighted by molar-refractivity contribution is 0.358. The largest absolute Gasteiger partial charge is 0.308 e. The van der Waals surface area contributed by atoms with E-state index in [-0.39, 0.29) is 0 Å². The van der Waals surface area contributed by atoms with E-state index in [0.29, 0.717) is 6.04 Å². The zero-order valence-electron chi connectivity index (χ0n) is 14.0. The predicted octanol–water partition coefficient (Wildman–Crippen LogP) is 1.49. The first-order valence-corrected chi connectivity index (χ1v) is 8.25. The molecule has 4 heterocycles. The van der Waals surface area contributed by atoms with Crippen LogP contribution in [-0.2, 0) is 26.6 Å². The molecule has 0 aromatic carbocycles. The maximum absolute atomic E-state index is 4.59. The van der Waals surface area contributed by atoms with Crippen molar-refractivity contribution in [3.8, 4) is 11.3 Å². The van der Waals surface area contributed by atoms with E-state index in [0.717, 1.165) is 48.8 Å². The molecule has 7 nitrogen and oxygen atoms in total. The summed E-state index contributed by atoms with van der Waals surface area (Å²) in [7, 11) is 1.95. The number of hydrogen-bond donors (Lipinski definition) is 1. The van der Waals surface area contributed by atoms with Crippen molar-refractivity contribution < 1.29 is 0 Å². The van der Waals surface area contributed by atoms with Crippen molar-refractivity contribution in [3.63, 3.8) is 0 Å². The summed E-state index contributed by atoms with van der Waals surface area (Å²) in [5.41, 5.74) is 3.23. The Kier molecular flexibility index (Phi) is 3.86. The molecular weight excluding hydrogens is 302 g/mol. The number of hydrogen-bond acceptors (Lipinski definition) is 5. The van der Waals surface area contributed by atoms with Crippen molar-refractivity contribution in [2.75, 3.05) is 0 Å². The number of rotatable bonds is 4. The highest BCUT2D eigenvalue weighted by Gasteiger charge is 2.21. The van der Waals surface area contributed by atoms with Gasteiger partial charge in [0.2, 0.25) is 0 Å². The van der Waals surface area contributed by atoms with Gasteiger partial charge in [-0.3, -0.25) is 9.67 Å². The number of nitrogens with one attached hydrogen (secondary N) is 1. The minimum absolute atomic E-state index is 0.403. The summed E-state index contributed by atoms with van der Waals surface area (Å²) in [6, 6.07) is 4.39. The molecule has 0 bridgehead atoms. The molecule has 1 aliphatic heterocycles. The topological polar surface area (TPSA) is 73.5 Å². The second-order valence-electron chi connectivity index (χ2n) is 6.29. The molecule has 0 fully saturated rings. The normalized spacial score (nSPS) is 17.0. The van der Waals surface area contributed by atoms with Gasteiger partial charge in [-0.05, 0) is 25.5 Å². The lowest BCUT2D eigenvalue weighted by atomic mass is 10.1. The van der Waals surface area contributed by atoms with Crippen LogP contribution in [0.15, 0.2) is 30.7 Å². The molecule has 4 rings (SSSR count). The third-order valence-corrected chi connectivity index (χ3v) is 4.38.